The van der Waals surface area contributed by atoms with Crippen LogP contribution in [0.2, 0.25) is 0 Å². The molecule has 0 spiro atoms. The van der Waals surface area contributed by atoms with Crippen LogP contribution in [0.25, 0.3) is 17.1 Å². The fourth-order valence-corrected chi connectivity index (χ4v) is 4.18. The van der Waals surface area contributed by atoms with Crippen molar-refractivity contribution in [1.82, 2.24) is 9.97 Å². The van der Waals surface area contributed by atoms with E-state index in [-0.39, 0.29) is 16.5 Å². The average Bonchev–Trinajstić information content (AvgIpc) is 3.16. The fraction of sp³-hybridized carbons (Fsp3) is 0.0435. The van der Waals surface area contributed by atoms with Gasteiger partial charge in [0.25, 0.3) is 10.0 Å². The molecule has 0 saturated carbocycles. The first-order valence-corrected chi connectivity index (χ1v) is 10.8. The molecule has 0 atom stereocenters. The Bertz CT molecular complexity index is 1340. The van der Waals surface area contributed by atoms with Crippen LogP contribution < -0.4 is 4.72 Å². The zero-order valence-electron chi connectivity index (χ0n) is 16.2. The van der Waals surface area contributed by atoms with Gasteiger partial charge in [0.1, 0.15) is 0 Å². The Kier molecular flexibility index (Phi) is 5.20. The number of ketones is 1. The Morgan fingerprint density at radius 1 is 1.00 bits per heavy atom. The SMILES string of the molecule is Cc1cccc(S(=O)(=O)Nc2cccc(/C=C/C(=O)c3nc4ccccc4[nH]3)c2)c1. The molecule has 0 aliphatic rings. The Labute approximate surface area is 174 Å². The molecule has 3 aromatic carbocycles. The lowest BCUT2D eigenvalue weighted by molar-refractivity contribution is 0.103. The summed E-state index contributed by atoms with van der Waals surface area (Å²) in [7, 11) is -3.70. The van der Waals surface area contributed by atoms with E-state index in [0.717, 1.165) is 16.6 Å². The van der Waals surface area contributed by atoms with E-state index < -0.39 is 10.0 Å². The highest BCUT2D eigenvalue weighted by molar-refractivity contribution is 7.92. The zero-order valence-corrected chi connectivity index (χ0v) is 17.0. The van der Waals surface area contributed by atoms with Crippen molar-refractivity contribution < 1.29 is 13.2 Å². The molecule has 0 aliphatic carbocycles. The molecule has 0 bridgehead atoms. The summed E-state index contributed by atoms with van der Waals surface area (Å²) < 4.78 is 27.8. The Balaban J connectivity index is 1.52. The third-order valence-electron chi connectivity index (χ3n) is 4.49. The molecule has 150 valence electrons. The number of aromatic amines is 1. The van der Waals surface area contributed by atoms with Crippen molar-refractivity contribution in [2.45, 2.75) is 11.8 Å². The molecule has 1 aromatic heterocycles. The summed E-state index contributed by atoms with van der Waals surface area (Å²) in [5.41, 5.74) is 3.47. The molecule has 1 heterocycles. The minimum atomic E-state index is -3.70. The number of nitrogens with one attached hydrogen (secondary N) is 2. The van der Waals surface area contributed by atoms with Crippen molar-refractivity contribution in [1.29, 1.82) is 0 Å². The van der Waals surface area contributed by atoms with E-state index in [1.165, 1.54) is 6.08 Å². The third kappa shape index (κ3) is 4.31. The average molecular weight is 417 g/mol. The largest absolute Gasteiger partial charge is 0.335 e. The molecule has 6 nitrogen and oxygen atoms in total. The van der Waals surface area contributed by atoms with E-state index in [0.29, 0.717) is 11.3 Å². The van der Waals surface area contributed by atoms with Crippen LogP contribution in [-0.4, -0.2) is 24.2 Å². The van der Waals surface area contributed by atoms with Crippen LogP contribution in [0.3, 0.4) is 0 Å². The Hall–Kier alpha value is -3.71. The Morgan fingerprint density at radius 3 is 2.60 bits per heavy atom. The first-order valence-electron chi connectivity index (χ1n) is 9.27. The maximum Gasteiger partial charge on any atom is 0.261 e. The van der Waals surface area contributed by atoms with Crippen molar-refractivity contribution in [2.75, 3.05) is 4.72 Å². The molecule has 0 radical (unpaired) electrons. The number of hydrogen-bond acceptors (Lipinski definition) is 4. The quantitative estimate of drug-likeness (QED) is 0.355. The molecule has 0 amide bonds. The molecular formula is C23H19N3O3S. The second-order valence-corrected chi connectivity index (χ2v) is 8.53. The van der Waals surface area contributed by atoms with Gasteiger partial charge in [-0.05, 0) is 60.5 Å². The maximum absolute atomic E-state index is 12.6. The summed E-state index contributed by atoms with van der Waals surface area (Å²) in [6.07, 6.45) is 3.03. The zero-order chi connectivity index (χ0) is 21.1. The normalized spacial score (nSPS) is 11.8. The van der Waals surface area contributed by atoms with E-state index in [4.69, 9.17) is 0 Å². The lowest BCUT2D eigenvalue weighted by Crippen LogP contribution is -2.13. The molecule has 30 heavy (non-hydrogen) atoms. The minimum absolute atomic E-state index is 0.198. The summed E-state index contributed by atoms with van der Waals surface area (Å²) >= 11 is 0. The molecule has 4 aromatic rings. The second kappa shape index (κ2) is 7.96. The summed E-state index contributed by atoms with van der Waals surface area (Å²) in [5.74, 6) is -0.0132. The number of benzene rings is 3. The summed E-state index contributed by atoms with van der Waals surface area (Å²) in [4.78, 5) is 19.9. The number of nitrogens with zero attached hydrogens (tertiary/aromatic N) is 1. The summed E-state index contributed by atoms with van der Waals surface area (Å²) in [6.45, 7) is 1.84. The maximum atomic E-state index is 12.6. The second-order valence-electron chi connectivity index (χ2n) is 6.85. The number of para-hydroxylation sites is 2. The number of carbonyl (C=O) groups is 1. The molecule has 0 saturated heterocycles. The van der Waals surface area contributed by atoms with Crippen molar-refractivity contribution in [3.63, 3.8) is 0 Å². The predicted molar refractivity (Wildman–Crippen MR) is 118 cm³/mol. The molecule has 2 N–H and O–H groups in total. The van der Waals surface area contributed by atoms with E-state index in [1.54, 1.807) is 48.5 Å². The molecular weight excluding hydrogens is 398 g/mol. The van der Waals surface area contributed by atoms with E-state index in [2.05, 4.69) is 14.7 Å². The van der Waals surface area contributed by atoms with Crippen LogP contribution in [0, 0.1) is 6.92 Å². The minimum Gasteiger partial charge on any atom is -0.335 e. The van der Waals surface area contributed by atoms with E-state index in [1.807, 2.05) is 37.3 Å². The van der Waals surface area contributed by atoms with Crippen molar-refractivity contribution in [3.05, 3.63) is 95.8 Å². The molecule has 4 rings (SSSR count). The van der Waals surface area contributed by atoms with Crippen LogP contribution >= 0.6 is 0 Å². The van der Waals surface area contributed by atoms with Crippen molar-refractivity contribution in [3.8, 4) is 0 Å². The lowest BCUT2D eigenvalue weighted by atomic mass is 10.2. The standard InChI is InChI=1S/C23H19N3O3S/c1-16-6-4-9-19(14-16)30(28,29)26-18-8-5-7-17(15-18)12-13-22(27)23-24-20-10-2-3-11-21(20)25-23/h2-15,26H,1H3,(H,24,25)/b13-12+. The highest BCUT2D eigenvalue weighted by Gasteiger charge is 2.14. The number of aromatic nitrogens is 2. The monoisotopic (exact) mass is 417 g/mol. The van der Waals surface area contributed by atoms with Gasteiger partial charge in [-0.2, -0.15) is 0 Å². The fourth-order valence-electron chi connectivity index (χ4n) is 3.02. The van der Waals surface area contributed by atoms with Crippen molar-refractivity contribution in [2.24, 2.45) is 0 Å². The number of anilines is 1. The predicted octanol–water partition coefficient (Wildman–Crippen LogP) is 4.57. The molecule has 0 aliphatic heterocycles. The Morgan fingerprint density at radius 2 is 1.80 bits per heavy atom. The summed E-state index contributed by atoms with van der Waals surface area (Å²) in [5, 5.41) is 0. The number of hydrogen-bond donors (Lipinski definition) is 2. The van der Waals surface area contributed by atoms with Gasteiger partial charge in [0.15, 0.2) is 5.82 Å². The number of H-pyrrole nitrogens is 1. The van der Waals surface area contributed by atoms with Crippen LogP contribution in [-0.2, 0) is 10.0 Å². The van der Waals surface area contributed by atoms with Gasteiger partial charge in [0, 0.05) is 5.69 Å². The van der Waals surface area contributed by atoms with Gasteiger partial charge in [-0.3, -0.25) is 9.52 Å². The van der Waals surface area contributed by atoms with E-state index in [9.17, 15) is 13.2 Å². The highest BCUT2D eigenvalue weighted by atomic mass is 32.2. The smallest absolute Gasteiger partial charge is 0.261 e. The topological polar surface area (TPSA) is 91.9 Å². The number of carbonyl (C=O) groups excluding carboxylic acids is 1. The van der Waals surface area contributed by atoms with Crippen LogP contribution in [0.1, 0.15) is 21.7 Å². The number of allylic oxidation sites excluding steroid dienone is 1. The van der Waals surface area contributed by atoms with E-state index >= 15 is 0 Å². The van der Waals surface area contributed by atoms with Gasteiger partial charge in [-0.1, -0.05) is 42.5 Å². The molecule has 7 heteroatoms. The van der Waals surface area contributed by atoms with Gasteiger partial charge >= 0.3 is 0 Å². The van der Waals surface area contributed by atoms with Gasteiger partial charge in [0.2, 0.25) is 5.78 Å². The van der Waals surface area contributed by atoms with Gasteiger partial charge < -0.3 is 4.98 Å². The molecule has 0 fully saturated rings. The van der Waals surface area contributed by atoms with Crippen molar-refractivity contribution >= 4 is 38.6 Å². The first-order chi connectivity index (χ1) is 14.4. The third-order valence-corrected chi connectivity index (χ3v) is 5.87. The first kappa shape index (κ1) is 19.6. The summed E-state index contributed by atoms with van der Waals surface area (Å²) in [6, 6.07) is 20.9. The van der Waals surface area contributed by atoms with Crippen LogP contribution in [0.4, 0.5) is 5.69 Å². The number of rotatable bonds is 6. The number of sulfonamides is 1. The highest BCUT2D eigenvalue weighted by Crippen LogP contribution is 2.19. The number of imidazole rings is 1. The van der Waals surface area contributed by atoms with Gasteiger partial charge in [-0.15, -0.1) is 0 Å². The lowest BCUT2D eigenvalue weighted by Gasteiger charge is -2.09. The molecule has 0 unspecified atom stereocenters. The number of fused-ring (bicyclic) bond motifs is 1. The van der Waals surface area contributed by atoms with Crippen LogP contribution in [0.15, 0.2) is 83.8 Å². The number of aryl methyl sites for hydroxylation is 1. The van der Waals surface area contributed by atoms with Crippen LogP contribution in [0.5, 0.6) is 0 Å². The van der Waals surface area contributed by atoms with Gasteiger partial charge in [-0.25, -0.2) is 13.4 Å². The van der Waals surface area contributed by atoms with Gasteiger partial charge in [0.05, 0.1) is 15.9 Å².